The number of hydrogen-bond acceptors (Lipinski definition) is 2. The van der Waals surface area contributed by atoms with E-state index < -0.39 is 0 Å². The number of rotatable bonds is 5. The zero-order chi connectivity index (χ0) is 15.4. The summed E-state index contributed by atoms with van der Waals surface area (Å²) in [5.41, 5.74) is 1.92. The molecular weight excluding hydrogens is 333 g/mol. The Labute approximate surface area is 133 Å². The lowest BCUT2D eigenvalue weighted by atomic mass is 10.1. The Balaban J connectivity index is 2.29. The molecule has 0 unspecified atom stereocenters. The third kappa shape index (κ3) is 4.29. The smallest absolute Gasteiger partial charge is 0.167 e. The molecule has 0 fully saturated rings. The second kappa shape index (κ2) is 7.05. The molecule has 1 N–H and O–H groups in total. The monoisotopic (exact) mass is 351 g/mol. The average Bonchev–Trinajstić information content (AvgIpc) is 2.42. The molecular formula is C17H19BrFNO. The molecule has 2 rings (SSSR count). The van der Waals surface area contributed by atoms with Crippen molar-refractivity contribution in [3.8, 4) is 11.5 Å². The second-order valence-corrected chi connectivity index (χ2v) is 6.15. The predicted molar refractivity (Wildman–Crippen MR) is 87.3 cm³/mol. The van der Waals surface area contributed by atoms with Crippen LogP contribution in [0.4, 0.5) is 4.39 Å². The van der Waals surface area contributed by atoms with E-state index in [9.17, 15) is 4.39 Å². The lowest BCUT2D eigenvalue weighted by Gasteiger charge is -2.15. The quantitative estimate of drug-likeness (QED) is 0.800. The molecule has 0 radical (unpaired) electrons. The molecule has 21 heavy (non-hydrogen) atoms. The Kier molecular flexibility index (Phi) is 5.37. The third-order valence-electron chi connectivity index (χ3n) is 3.05. The summed E-state index contributed by atoms with van der Waals surface area (Å²) >= 11 is 3.45. The summed E-state index contributed by atoms with van der Waals surface area (Å²) < 4.78 is 20.7. The number of aryl methyl sites for hydroxylation is 1. The van der Waals surface area contributed by atoms with Gasteiger partial charge in [0.15, 0.2) is 11.6 Å². The maximum absolute atomic E-state index is 14.1. The van der Waals surface area contributed by atoms with Gasteiger partial charge in [0, 0.05) is 18.2 Å². The van der Waals surface area contributed by atoms with Crippen molar-refractivity contribution in [2.24, 2.45) is 0 Å². The van der Waals surface area contributed by atoms with Crippen LogP contribution >= 0.6 is 15.9 Å². The zero-order valence-electron chi connectivity index (χ0n) is 12.4. The molecule has 0 aliphatic carbocycles. The van der Waals surface area contributed by atoms with Gasteiger partial charge in [-0.15, -0.1) is 0 Å². The van der Waals surface area contributed by atoms with Crippen LogP contribution in [0.2, 0.25) is 0 Å². The summed E-state index contributed by atoms with van der Waals surface area (Å²) in [5, 5.41) is 3.28. The lowest BCUT2D eigenvalue weighted by molar-refractivity contribution is 0.429. The zero-order valence-corrected chi connectivity index (χ0v) is 14.0. The minimum atomic E-state index is -0.356. The normalized spacial score (nSPS) is 11.0. The molecule has 2 aromatic rings. The van der Waals surface area contributed by atoms with Crippen molar-refractivity contribution < 1.29 is 9.13 Å². The van der Waals surface area contributed by atoms with Crippen LogP contribution in [0.1, 0.15) is 25.0 Å². The molecule has 2 nitrogen and oxygen atoms in total. The first-order chi connectivity index (χ1) is 9.97. The van der Waals surface area contributed by atoms with Crippen molar-refractivity contribution in [2.75, 3.05) is 0 Å². The van der Waals surface area contributed by atoms with Gasteiger partial charge in [-0.2, -0.15) is 0 Å². The number of halogens is 2. The van der Waals surface area contributed by atoms with Gasteiger partial charge >= 0.3 is 0 Å². The Morgan fingerprint density at radius 1 is 1.24 bits per heavy atom. The van der Waals surface area contributed by atoms with Crippen LogP contribution in [0.3, 0.4) is 0 Å². The Hall–Kier alpha value is -1.39. The molecule has 0 saturated carbocycles. The Morgan fingerprint density at radius 3 is 2.67 bits per heavy atom. The molecule has 0 saturated heterocycles. The van der Waals surface area contributed by atoms with Gasteiger partial charge < -0.3 is 10.1 Å². The first-order valence-electron chi connectivity index (χ1n) is 6.92. The van der Waals surface area contributed by atoms with Gasteiger partial charge in [-0.25, -0.2) is 4.39 Å². The third-order valence-corrected chi connectivity index (χ3v) is 3.67. The maximum Gasteiger partial charge on any atom is 0.167 e. The van der Waals surface area contributed by atoms with E-state index >= 15 is 0 Å². The number of nitrogens with one attached hydrogen (secondary N) is 1. The van der Waals surface area contributed by atoms with Gasteiger partial charge in [-0.05, 0) is 46.6 Å². The summed E-state index contributed by atoms with van der Waals surface area (Å²) in [6, 6.07) is 11.0. The highest BCUT2D eigenvalue weighted by atomic mass is 79.9. The minimum absolute atomic E-state index is 0.273. The van der Waals surface area contributed by atoms with Crippen LogP contribution in [-0.4, -0.2) is 6.04 Å². The van der Waals surface area contributed by atoms with Gasteiger partial charge in [0.25, 0.3) is 0 Å². The fraction of sp³-hybridized carbons (Fsp3) is 0.294. The molecule has 2 aromatic carbocycles. The minimum Gasteiger partial charge on any atom is -0.453 e. The van der Waals surface area contributed by atoms with E-state index in [0.29, 0.717) is 18.3 Å². The van der Waals surface area contributed by atoms with Crippen LogP contribution in [0.25, 0.3) is 0 Å². The predicted octanol–water partition coefficient (Wildman–Crippen LogP) is 5.19. The first-order valence-corrected chi connectivity index (χ1v) is 7.71. The Bertz CT molecular complexity index is 628. The summed E-state index contributed by atoms with van der Waals surface area (Å²) in [7, 11) is 0. The van der Waals surface area contributed by atoms with Crippen molar-refractivity contribution in [1.82, 2.24) is 5.32 Å². The van der Waals surface area contributed by atoms with Gasteiger partial charge in [0.2, 0.25) is 0 Å². The van der Waals surface area contributed by atoms with Gasteiger partial charge in [-0.3, -0.25) is 0 Å². The summed E-state index contributed by atoms with van der Waals surface area (Å²) in [4.78, 5) is 0. The van der Waals surface area contributed by atoms with Gasteiger partial charge in [0.05, 0.1) is 4.47 Å². The van der Waals surface area contributed by atoms with Crippen LogP contribution in [0.5, 0.6) is 11.5 Å². The van der Waals surface area contributed by atoms with Crippen LogP contribution < -0.4 is 10.1 Å². The number of benzene rings is 2. The number of para-hydroxylation sites is 1. The number of hydrogen-bond donors (Lipinski definition) is 1. The highest BCUT2D eigenvalue weighted by molar-refractivity contribution is 9.10. The molecule has 0 heterocycles. The molecule has 0 aromatic heterocycles. The van der Waals surface area contributed by atoms with E-state index in [-0.39, 0.29) is 11.6 Å². The SMILES string of the molecule is Cc1ccc(Oc2c(F)cccc2CNC(C)C)c(Br)c1. The molecule has 0 aliphatic heterocycles. The fourth-order valence-corrected chi connectivity index (χ4v) is 2.49. The number of ether oxygens (including phenoxy) is 1. The summed E-state index contributed by atoms with van der Waals surface area (Å²) in [6.45, 7) is 6.66. The molecule has 0 amide bonds. The fourth-order valence-electron chi connectivity index (χ4n) is 1.92. The maximum atomic E-state index is 14.1. The van der Waals surface area contributed by atoms with E-state index in [0.717, 1.165) is 15.6 Å². The van der Waals surface area contributed by atoms with Gasteiger partial charge in [0.1, 0.15) is 5.75 Å². The van der Waals surface area contributed by atoms with Crippen LogP contribution in [0, 0.1) is 12.7 Å². The van der Waals surface area contributed by atoms with Crippen molar-refractivity contribution in [3.05, 3.63) is 57.8 Å². The molecule has 4 heteroatoms. The van der Waals surface area contributed by atoms with E-state index in [2.05, 4.69) is 35.1 Å². The van der Waals surface area contributed by atoms with E-state index in [1.54, 1.807) is 6.07 Å². The van der Waals surface area contributed by atoms with E-state index in [1.165, 1.54) is 6.07 Å². The van der Waals surface area contributed by atoms with Crippen LogP contribution in [-0.2, 0) is 6.54 Å². The molecule has 0 atom stereocenters. The van der Waals surface area contributed by atoms with Crippen molar-refractivity contribution >= 4 is 15.9 Å². The van der Waals surface area contributed by atoms with Crippen LogP contribution in [0.15, 0.2) is 40.9 Å². The van der Waals surface area contributed by atoms with Crippen molar-refractivity contribution in [2.45, 2.75) is 33.4 Å². The van der Waals surface area contributed by atoms with E-state index in [4.69, 9.17) is 4.74 Å². The van der Waals surface area contributed by atoms with Gasteiger partial charge in [-0.1, -0.05) is 32.0 Å². The Morgan fingerprint density at radius 2 is 2.00 bits per heavy atom. The highest BCUT2D eigenvalue weighted by Gasteiger charge is 2.13. The standard InChI is InChI=1S/C17H19BrFNO/c1-11(2)20-10-13-5-4-6-15(19)17(13)21-16-8-7-12(3)9-14(16)18/h4-9,11,20H,10H2,1-3H3. The van der Waals surface area contributed by atoms with Crippen molar-refractivity contribution in [1.29, 1.82) is 0 Å². The summed E-state index contributed by atoms with van der Waals surface area (Å²) in [6.07, 6.45) is 0. The average molecular weight is 352 g/mol. The highest BCUT2D eigenvalue weighted by Crippen LogP contribution is 2.33. The molecule has 0 spiro atoms. The van der Waals surface area contributed by atoms with Crippen molar-refractivity contribution in [3.63, 3.8) is 0 Å². The second-order valence-electron chi connectivity index (χ2n) is 5.30. The van der Waals surface area contributed by atoms with E-state index in [1.807, 2.05) is 31.2 Å². The first kappa shape index (κ1) is 16.0. The topological polar surface area (TPSA) is 21.3 Å². The molecule has 112 valence electrons. The molecule has 0 aliphatic rings. The largest absolute Gasteiger partial charge is 0.453 e. The molecule has 0 bridgehead atoms. The summed E-state index contributed by atoms with van der Waals surface area (Å²) in [5.74, 6) is 0.525. The lowest BCUT2D eigenvalue weighted by Crippen LogP contribution is -2.22.